The molecule has 0 fully saturated rings. The van der Waals surface area contributed by atoms with E-state index < -0.39 is 0 Å². The van der Waals surface area contributed by atoms with Crippen LogP contribution in [0.1, 0.15) is 21.5 Å². The van der Waals surface area contributed by atoms with Crippen molar-refractivity contribution in [2.24, 2.45) is 0 Å². The highest BCUT2D eigenvalue weighted by Gasteiger charge is 2.12. The molecular formula is C17H19NO4. The molecule has 0 aliphatic carbocycles. The highest BCUT2D eigenvalue weighted by atomic mass is 16.5. The number of ether oxygens (including phenoxy) is 2. The zero-order valence-corrected chi connectivity index (χ0v) is 12.8. The molecule has 0 radical (unpaired) electrons. The standard InChI is InChI=1S/C17H19NO4/c1-11-4-7-15(19)14(8-11)17(20)18-10-12-5-6-13(21-2)9-16(12)22-3/h4-9,19H,10H2,1-3H3,(H,18,20). The lowest BCUT2D eigenvalue weighted by atomic mass is 10.1. The Bertz CT molecular complexity index is 682. The molecule has 5 nitrogen and oxygen atoms in total. The third kappa shape index (κ3) is 3.49. The van der Waals surface area contributed by atoms with E-state index in [0.29, 0.717) is 18.0 Å². The SMILES string of the molecule is COc1ccc(CNC(=O)c2cc(C)ccc2O)c(OC)c1. The topological polar surface area (TPSA) is 67.8 Å². The number of amides is 1. The Hall–Kier alpha value is -2.69. The summed E-state index contributed by atoms with van der Waals surface area (Å²) in [6.45, 7) is 2.15. The average Bonchev–Trinajstić information content (AvgIpc) is 2.54. The van der Waals surface area contributed by atoms with E-state index in [0.717, 1.165) is 11.1 Å². The molecule has 2 aromatic carbocycles. The second-order valence-electron chi connectivity index (χ2n) is 4.88. The first kappa shape index (κ1) is 15.7. The Balaban J connectivity index is 2.12. The highest BCUT2D eigenvalue weighted by molar-refractivity contribution is 5.96. The average molecular weight is 301 g/mol. The molecule has 0 saturated carbocycles. The van der Waals surface area contributed by atoms with Gasteiger partial charge in [0, 0.05) is 18.2 Å². The van der Waals surface area contributed by atoms with Gasteiger partial charge in [-0.15, -0.1) is 0 Å². The monoisotopic (exact) mass is 301 g/mol. The summed E-state index contributed by atoms with van der Waals surface area (Å²) in [5, 5.41) is 12.5. The van der Waals surface area contributed by atoms with Crippen LogP contribution in [0.3, 0.4) is 0 Å². The number of carbonyl (C=O) groups excluding carboxylic acids is 1. The second-order valence-corrected chi connectivity index (χ2v) is 4.88. The summed E-state index contributed by atoms with van der Waals surface area (Å²) in [6.07, 6.45) is 0. The summed E-state index contributed by atoms with van der Waals surface area (Å²) in [4.78, 5) is 12.2. The molecule has 5 heteroatoms. The molecule has 0 saturated heterocycles. The lowest BCUT2D eigenvalue weighted by Crippen LogP contribution is -2.23. The van der Waals surface area contributed by atoms with Crippen LogP contribution < -0.4 is 14.8 Å². The second kappa shape index (κ2) is 6.85. The zero-order valence-electron chi connectivity index (χ0n) is 12.8. The fourth-order valence-corrected chi connectivity index (χ4v) is 2.10. The summed E-state index contributed by atoms with van der Waals surface area (Å²) in [6, 6.07) is 10.3. The third-order valence-electron chi connectivity index (χ3n) is 3.33. The molecule has 0 atom stereocenters. The van der Waals surface area contributed by atoms with Gasteiger partial charge in [0.2, 0.25) is 0 Å². The summed E-state index contributed by atoms with van der Waals surface area (Å²) in [7, 11) is 3.14. The van der Waals surface area contributed by atoms with Crippen molar-refractivity contribution in [1.82, 2.24) is 5.32 Å². The van der Waals surface area contributed by atoms with Gasteiger partial charge in [0.15, 0.2) is 0 Å². The van der Waals surface area contributed by atoms with Crippen LogP contribution >= 0.6 is 0 Å². The van der Waals surface area contributed by atoms with Gasteiger partial charge in [0.1, 0.15) is 17.2 Å². The van der Waals surface area contributed by atoms with Gasteiger partial charge >= 0.3 is 0 Å². The molecule has 1 amide bonds. The number of methoxy groups -OCH3 is 2. The van der Waals surface area contributed by atoms with E-state index in [1.54, 1.807) is 38.5 Å². The molecule has 116 valence electrons. The van der Waals surface area contributed by atoms with E-state index in [-0.39, 0.29) is 17.2 Å². The van der Waals surface area contributed by atoms with Crippen LogP contribution in [0, 0.1) is 6.92 Å². The van der Waals surface area contributed by atoms with Gasteiger partial charge in [0.05, 0.1) is 19.8 Å². The van der Waals surface area contributed by atoms with Gasteiger partial charge in [-0.1, -0.05) is 11.6 Å². The van der Waals surface area contributed by atoms with Crippen LogP contribution in [-0.4, -0.2) is 25.2 Å². The Kier molecular flexibility index (Phi) is 4.88. The number of carbonyl (C=O) groups is 1. The van der Waals surface area contributed by atoms with Crippen molar-refractivity contribution in [1.29, 1.82) is 0 Å². The Morgan fingerprint density at radius 1 is 1.14 bits per heavy atom. The molecule has 2 rings (SSSR count). The van der Waals surface area contributed by atoms with Gasteiger partial charge in [0.25, 0.3) is 5.91 Å². The van der Waals surface area contributed by atoms with E-state index in [1.165, 1.54) is 6.07 Å². The summed E-state index contributed by atoms with van der Waals surface area (Å²) in [5.41, 5.74) is 1.99. The summed E-state index contributed by atoms with van der Waals surface area (Å²) >= 11 is 0. The van der Waals surface area contributed by atoms with Crippen molar-refractivity contribution >= 4 is 5.91 Å². The van der Waals surface area contributed by atoms with Crippen LogP contribution in [0.25, 0.3) is 0 Å². The number of hydrogen-bond donors (Lipinski definition) is 2. The normalized spacial score (nSPS) is 10.1. The molecule has 0 spiro atoms. The van der Waals surface area contributed by atoms with Gasteiger partial charge in [-0.25, -0.2) is 0 Å². The van der Waals surface area contributed by atoms with Crippen LogP contribution in [0.2, 0.25) is 0 Å². The van der Waals surface area contributed by atoms with Gasteiger partial charge in [-0.2, -0.15) is 0 Å². The van der Waals surface area contributed by atoms with E-state index in [9.17, 15) is 9.90 Å². The molecule has 2 aromatic rings. The molecule has 0 aromatic heterocycles. The van der Waals surface area contributed by atoms with E-state index in [1.807, 2.05) is 13.0 Å². The quantitative estimate of drug-likeness (QED) is 0.891. The Labute approximate surface area is 129 Å². The van der Waals surface area contributed by atoms with Gasteiger partial charge in [-0.3, -0.25) is 4.79 Å². The number of phenolic OH excluding ortho intramolecular Hbond substituents is 1. The van der Waals surface area contributed by atoms with Crippen molar-refractivity contribution in [2.45, 2.75) is 13.5 Å². The smallest absolute Gasteiger partial charge is 0.255 e. The Morgan fingerprint density at radius 3 is 2.59 bits per heavy atom. The maximum atomic E-state index is 12.2. The first-order valence-electron chi connectivity index (χ1n) is 6.84. The Morgan fingerprint density at radius 2 is 1.91 bits per heavy atom. The molecule has 22 heavy (non-hydrogen) atoms. The minimum Gasteiger partial charge on any atom is -0.507 e. The van der Waals surface area contributed by atoms with Crippen molar-refractivity contribution in [3.63, 3.8) is 0 Å². The molecule has 0 bridgehead atoms. The van der Waals surface area contributed by atoms with Crippen LogP contribution in [0.5, 0.6) is 17.2 Å². The highest BCUT2D eigenvalue weighted by Crippen LogP contribution is 2.25. The molecule has 0 aliphatic rings. The first-order chi connectivity index (χ1) is 10.5. The van der Waals surface area contributed by atoms with Crippen molar-refractivity contribution in [3.05, 3.63) is 53.1 Å². The van der Waals surface area contributed by atoms with Gasteiger partial charge in [-0.05, 0) is 31.2 Å². The van der Waals surface area contributed by atoms with Crippen molar-refractivity contribution in [3.8, 4) is 17.2 Å². The molecule has 0 unspecified atom stereocenters. The maximum absolute atomic E-state index is 12.2. The lowest BCUT2D eigenvalue weighted by molar-refractivity contribution is 0.0948. The number of rotatable bonds is 5. The fourth-order valence-electron chi connectivity index (χ4n) is 2.10. The van der Waals surface area contributed by atoms with Crippen LogP contribution in [0.15, 0.2) is 36.4 Å². The van der Waals surface area contributed by atoms with Crippen LogP contribution in [-0.2, 0) is 6.54 Å². The van der Waals surface area contributed by atoms with E-state index >= 15 is 0 Å². The van der Waals surface area contributed by atoms with E-state index in [4.69, 9.17) is 9.47 Å². The third-order valence-corrected chi connectivity index (χ3v) is 3.33. The number of hydrogen-bond acceptors (Lipinski definition) is 4. The minimum absolute atomic E-state index is 0.0372. The minimum atomic E-state index is -0.334. The van der Waals surface area contributed by atoms with Crippen molar-refractivity contribution < 1.29 is 19.4 Å². The maximum Gasteiger partial charge on any atom is 0.255 e. The first-order valence-corrected chi connectivity index (χ1v) is 6.84. The van der Waals surface area contributed by atoms with Gasteiger partial charge < -0.3 is 19.9 Å². The number of nitrogens with one attached hydrogen (secondary N) is 1. The number of aryl methyl sites for hydroxylation is 1. The predicted molar refractivity (Wildman–Crippen MR) is 83.6 cm³/mol. The summed E-state index contributed by atoms with van der Waals surface area (Å²) in [5.74, 6) is 0.945. The largest absolute Gasteiger partial charge is 0.507 e. The number of aromatic hydroxyl groups is 1. The number of benzene rings is 2. The predicted octanol–water partition coefficient (Wildman–Crippen LogP) is 2.65. The zero-order chi connectivity index (χ0) is 16.1. The molecule has 0 heterocycles. The molecule has 0 aliphatic heterocycles. The van der Waals surface area contributed by atoms with E-state index in [2.05, 4.69) is 5.32 Å². The molecular weight excluding hydrogens is 282 g/mol. The van der Waals surface area contributed by atoms with Crippen LogP contribution in [0.4, 0.5) is 0 Å². The fraction of sp³-hybridized carbons (Fsp3) is 0.235. The lowest BCUT2D eigenvalue weighted by Gasteiger charge is -2.12. The number of phenols is 1. The summed E-state index contributed by atoms with van der Waals surface area (Å²) < 4.78 is 10.4. The molecule has 2 N–H and O–H groups in total. The van der Waals surface area contributed by atoms with Crippen molar-refractivity contribution in [2.75, 3.05) is 14.2 Å².